The van der Waals surface area contributed by atoms with Crippen molar-refractivity contribution in [2.24, 2.45) is 5.92 Å². The average Bonchev–Trinajstić information content (AvgIpc) is 3.15. The van der Waals surface area contributed by atoms with Crippen LogP contribution in [0.25, 0.3) is 5.82 Å². The predicted octanol–water partition coefficient (Wildman–Crippen LogP) is 2.19. The molecule has 1 aliphatic carbocycles. The molecule has 20 heavy (non-hydrogen) atoms. The van der Waals surface area contributed by atoms with Crippen molar-refractivity contribution in [3.05, 3.63) is 36.8 Å². The van der Waals surface area contributed by atoms with Crippen LogP contribution in [0, 0.1) is 5.92 Å². The molecule has 0 spiro atoms. The van der Waals surface area contributed by atoms with E-state index in [-0.39, 0.29) is 12.1 Å². The Morgan fingerprint density at radius 2 is 2.30 bits per heavy atom. The molecular weight excluding hydrogens is 254 g/mol. The highest BCUT2D eigenvalue weighted by Gasteiger charge is 2.28. The number of aromatic nitrogens is 3. The maximum atomic E-state index is 11.8. The monoisotopic (exact) mass is 271 g/mol. The normalized spacial score (nSPS) is 15.7. The fourth-order valence-electron chi connectivity index (χ4n) is 2.09. The van der Waals surface area contributed by atoms with E-state index >= 15 is 0 Å². The van der Waals surface area contributed by atoms with Crippen LogP contribution in [0.3, 0.4) is 0 Å². The molecular formula is C14H17N5O. The molecule has 1 aliphatic rings. The maximum Gasteiger partial charge on any atom is 0.319 e. The van der Waals surface area contributed by atoms with Gasteiger partial charge >= 0.3 is 6.03 Å². The van der Waals surface area contributed by atoms with Crippen LogP contribution in [0.4, 0.5) is 10.5 Å². The summed E-state index contributed by atoms with van der Waals surface area (Å²) < 4.78 is 1.67. The highest BCUT2D eigenvalue weighted by atomic mass is 16.2. The number of carbonyl (C=O) groups is 1. The number of hydrogen-bond acceptors (Lipinski definition) is 3. The number of anilines is 1. The molecule has 0 aliphatic heterocycles. The summed E-state index contributed by atoms with van der Waals surface area (Å²) in [6.45, 7) is 2.04. The quantitative estimate of drug-likeness (QED) is 0.895. The fraction of sp³-hybridized carbons (Fsp3) is 0.357. The lowest BCUT2D eigenvalue weighted by atomic mass is 10.2. The number of nitrogens with one attached hydrogen (secondary N) is 2. The van der Waals surface area contributed by atoms with Gasteiger partial charge in [0.2, 0.25) is 0 Å². The standard InChI is InChI=1S/C14H17N5O/c1-10(11-3-4-11)17-14(20)18-12-5-6-13(15-9-12)19-8-2-7-16-19/h2,5-11H,3-4H2,1H3,(H2,17,18,20). The van der Waals surface area contributed by atoms with E-state index in [0.717, 1.165) is 0 Å². The van der Waals surface area contributed by atoms with Crippen LogP contribution >= 0.6 is 0 Å². The lowest BCUT2D eigenvalue weighted by Gasteiger charge is -2.13. The zero-order chi connectivity index (χ0) is 13.9. The van der Waals surface area contributed by atoms with Gasteiger partial charge in [0, 0.05) is 18.4 Å². The first-order valence-electron chi connectivity index (χ1n) is 6.76. The number of carbonyl (C=O) groups excluding carboxylic acids is 1. The van der Waals surface area contributed by atoms with Crippen LogP contribution in [0.2, 0.25) is 0 Å². The van der Waals surface area contributed by atoms with E-state index in [1.54, 1.807) is 17.1 Å². The molecule has 104 valence electrons. The van der Waals surface area contributed by atoms with Crippen LogP contribution in [0.1, 0.15) is 19.8 Å². The van der Waals surface area contributed by atoms with Crippen molar-refractivity contribution in [1.29, 1.82) is 0 Å². The Kier molecular flexibility index (Phi) is 3.37. The van der Waals surface area contributed by atoms with Crippen molar-refractivity contribution in [3.63, 3.8) is 0 Å². The van der Waals surface area contributed by atoms with E-state index in [1.807, 2.05) is 31.3 Å². The Morgan fingerprint density at radius 1 is 1.45 bits per heavy atom. The fourth-order valence-corrected chi connectivity index (χ4v) is 2.09. The SMILES string of the molecule is CC(NC(=O)Nc1ccc(-n2cccn2)nc1)C1CC1. The van der Waals surface area contributed by atoms with Crippen molar-refractivity contribution < 1.29 is 4.79 Å². The smallest absolute Gasteiger partial charge is 0.319 e. The van der Waals surface area contributed by atoms with E-state index < -0.39 is 0 Å². The summed E-state index contributed by atoms with van der Waals surface area (Å²) in [5, 5.41) is 9.82. The first kappa shape index (κ1) is 12.7. The summed E-state index contributed by atoms with van der Waals surface area (Å²) in [6.07, 6.45) is 7.56. The molecule has 1 unspecified atom stereocenters. The van der Waals surface area contributed by atoms with Gasteiger partial charge < -0.3 is 10.6 Å². The van der Waals surface area contributed by atoms with Crippen LogP contribution < -0.4 is 10.6 Å². The first-order valence-corrected chi connectivity index (χ1v) is 6.76. The molecule has 0 bridgehead atoms. The third kappa shape index (κ3) is 2.96. The third-order valence-electron chi connectivity index (χ3n) is 3.43. The summed E-state index contributed by atoms with van der Waals surface area (Å²) in [6, 6.07) is 5.50. The van der Waals surface area contributed by atoms with E-state index in [4.69, 9.17) is 0 Å². The molecule has 1 fully saturated rings. The van der Waals surface area contributed by atoms with E-state index in [9.17, 15) is 4.79 Å². The Hall–Kier alpha value is -2.37. The molecule has 2 N–H and O–H groups in total. The molecule has 6 nitrogen and oxygen atoms in total. The Balaban J connectivity index is 1.58. The van der Waals surface area contributed by atoms with Gasteiger partial charge in [0.05, 0.1) is 11.9 Å². The minimum absolute atomic E-state index is 0.182. The van der Waals surface area contributed by atoms with Gasteiger partial charge in [0.1, 0.15) is 0 Å². The second-order valence-corrected chi connectivity index (χ2v) is 5.08. The second-order valence-electron chi connectivity index (χ2n) is 5.08. The van der Waals surface area contributed by atoms with Crippen molar-refractivity contribution in [1.82, 2.24) is 20.1 Å². The number of amides is 2. The van der Waals surface area contributed by atoms with Crippen molar-refractivity contribution in [2.45, 2.75) is 25.8 Å². The number of rotatable bonds is 4. The van der Waals surface area contributed by atoms with Crippen LogP contribution in [0.15, 0.2) is 36.8 Å². The molecule has 2 amide bonds. The lowest BCUT2D eigenvalue weighted by Crippen LogP contribution is -2.37. The number of urea groups is 1. The summed E-state index contributed by atoms with van der Waals surface area (Å²) >= 11 is 0. The molecule has 3 rings (SSSR count). The van der Waals surface area contributed by atoms with Crippen LogP contribution in [0.5, 0.6) is 0 Å². The molecule has 2 aromatic rings. The van der Waals surface area contributed by atoms with Crippen LogP contribution in [-0.4, -0.2) is 26.8 Å². The first-order chi connectivity index (χ1) is 9.72. The van der Waals surface area contributed by atoms with Gasteiger partial charge in [-0.3, -0.25) is 0 Å². The molecule has 6 heteroatoms. The van der Waals surface area contributed by atoms with Gasteiger partial charge in [0.25, 0.3) is 0 Å². The summed E-state index contributed by atoms with van der Waals surface area (Å²) in [7, 11) is 0. The third-order valence-corrected chi connectivity index (χ3v) is 3.43. The van der Waals surface area contributed by atoms with Crippen molar-refractivity contribution in [3.8, 4) is 5.82 Å². The Labute approximate surface area is 117 Å². The van der Waals surface area contributed by atoms with Crippen LogP contribution in [-0.2, 0) is 0 Å². The highest BCUT2D eigenvalue weighted by Crippen LogP contribution is 2.32. The van der Waals surface area contributed by atoms with E-state index in [1.165, 1.54) is 12.8 Å². The minimum Gasteiger partial charge on any atom is -0.335 e. The maximum absolute atomic E-state index is 11.8. The van der Waals surface area contributed by atoms with Gasteiger partial charge in [0.15, 0.2) is 5.82 Å². The predicted molar refractivity (Wildman–Crippen MR) is 75.7 cm³/mol. The molecule has 0 saturated heterocycles. The minimum atomic E-state index is -0.182. The highest BCUT2D eigenvalue weighted by molar-refractivity contribution is 5.89. The molecule has 2 heterocycles. The largest absolute Gasteiger partial charge is 0.335 e. The summed E-state index contributed by atoms with van der Waals surface area (Å²) in [5.74, 6) is 1.35. The zero-order valence-electron chi connectivity index (χ0n) is 11.3. The van der Waals surface area contributed by atoms with E-state index in [0.29, 0.717) is 17.4 Å². The molecule has 0 radical (unpaired) electrons. The Morgan fingerprint density at radius 3 is 2.90 bits per heavy atom. The molecule has 0 aromatic carbocycles. The molecule has 1 atom stereocenters. The van der Waals surface area contributed by atoms with Crippen molar-refractivity contribution >= 4 is 11.7 Å². The lowest BCUT2D eigenvalue weighted by molar-refractivity contribution is 0.248. The van der Waals surface area contributed by atoms with Crippen molar-refractivity contribution in [2.75, 3.05) is 5.32 Å². The summed E-state index contributed by atoms with van der Waals surface area (Å²) in [4.78, 5) is 16.1. The van der Waals surface area contributed by atoms with E-state index in [2.05, 4.69) is 20.7 Å². The second kappa shape index (κ2) is 5.32. The molecule has 1 saturated carbocycles. The number of pyridine rings is 1. The van der Waals surface area contributed by atoms with Gasteiger partial charge in [-0.25, -0.2) is 14.5 Å². The Bertz CT molecular complexity index is 574. The van der Waals surface area contributed by atoms with Gasteiger partial charge in [-0.15, -0.1) is 0 Å². The van der Waals surface area contributed by atoms with Gasteiger partial charge in [-0.05, 0) is 43.9 Å². The van der Waals surface area contributed by atoms with Gasteiger partial charge in [-0.2, -0.15) is 5.10 Å². The number of hydrogen-bond donors (Lipinski definition) is 2. The zero-order valence-corrected chi connectivity index (χ0v) is 11.3. The molecule has 2 aromatic heterocycles. The number of nitrogens with zero attached hydrogens (tertiary/aromatic N) is 3. The average molecular weight is 271 g/mol. The summed E-state index contributed by atoms with van der Waals surface area (Å²) in [5.41, 5.74) is 0.668. The topological polar surface area (TPSA) is 71.8 Å². The van der Waals surface area contributed by atoms with Gasteiger partial charge in [-0.1, -0.05) is 0 Å².